The van der Waals surface area contributed by atoms with Gasteiger partial charge in [-0.25, -0.2) is 0 Å². The van der Waals surface area contributed by atoms with Crippen LogP contribution in [-0.2, 0) is 4.74 Å². The van der Waals surface area contributed by atoms with Crippen molar-refractivity contribution in [2.75, 3.05) is 18.5 Å². The molecule has 0 aromatic rings. The van der Waals surface area contributed by atoms with Crippen molar-refractivity contribution in [1.29, 1.82) is 0 Å². The molecule has 1 atom stereocenters. The highest BCUT2D eigenvalue weighted by Crippen LogP contribution is 2.36. The number of unbranched alkanes of at least 4 members (excludes halogenated alkanes) is 9. The fourth-order valence-electron chi connectivity index (χ4n) is 3.01. The molecule has 0 spiro atoms. The van der Waals surface area contributed by atoms with Crippen molar-refractivity contribution in [3.8, 4) is 0 Å². The van der Waals surface area contributed by atoms with Gasteiger partial charge in [0, 0.05) is 17.4 Å². The lowest BCUT2D eigenvalue weighted by molar-refractivity contribution is 0.156. The SMILES string of the molecule is CCCCCCCCCCCCC1(CBr)CCOC1. The minimum absolute atomic E-state index is 0.472. The van der Waals surface area contributed by atoms with Gasteiger partial charge in [0.2, 0.25) is 0 Å². The maximum atomic E-state index is 5.56. The molecule has 114 valence electrons. The first kappa shape index (κ1) is 17.5. The highest BCUT2D eigenvalue weighted by Gasteiger charge is 2.32. The van der Waals surface area contributed by atoms with Crippen LogP contribution < -0.4 is 0 Å². The lowest BCUT2D eigenvalue weighted by Crippen LogP contribution is -2.22. The predicted molar refractivity (Wildman–Crippen MR) is 88.1 cm³/mol. The summed E-state index contributed by atoms with van der Waals surface area (Å²) >= 11 is 3.68. The Balaban J connectivity index is 1.85. The number of rotatable bonds is 12. The summed E-state index contributed by atoms with van der Waals surface area (Å²) in [6, 6.07) is 0. The van der Waals surface area contributed by atoms with Crippen molar-refractivity contribution in [3.63, 3.8) is 0 Å². The van der Waals surface area contributed by atoms with E-state index in [9.17, 15) is 0 Å². The van der Waals surface area contributed by atoms with E-state index >= 15 is 0 Å². The summed E-state index contributed by atoms with van der Waals surface area (Å²) in [5.74, 6) is 0. The van der Waals surface area contributed by atoms with Gasteiger partial charge in [-0.05, 0) is 12.8 Å². The summed E-state index contributed by atoms with van der Waals surface area (Å²) in [5, 5.41) is 1.12. The Morgan fingerprint density at radius 1 is 0.895 bits per heavy atom. The molecule has 0 aromatic carbocycles. The van der Waals surface area contributed by atoms with Crippen LogP contribution in [0.2, 0.25) is 0 Å². The summed E-state index contributed by atoms with van der Waals surface area (Å²) < 4.78 is 5.56. The highest BCUT2D eigenvalue weighted by molar-refractivity contribution is 9.09. The lowest BCUT2D eigenvalue weighted by Gasteiger charge is -2.24. The summed E-state index contributed by atoms with van der Waals surface area (Å²) in [7, 11) is 0. The Morgan fingerprint density at radius 3 is 1.95 bits per heavy atom. The minimum Gasteiger partial charge on any atom is -0.381 e. The first-order valence-corrected chi connectivity index (χ1v) is 9.59. The Hall–Kier alpha value is 0.440. The second kappa shape index (κ2) is 11.1. The van der Waals surface area contributed by atoms with Crippen LogP contribution in [0.15, 0.2) is 0 Å². The maximum Gasteiger partial charge on any atom is 0.0531 e. The molecule has 0 saturated carbocycles. The molecule has 1 saturated heterocycles. The molecule has 1 aliphatic heterocycles. The quantitative estimate of drug-likeness (QED) is 0.310. The fourth-order valence-corrected chi connectivity index (χ4v) is 3.73. The third-order valence-corrected chi connectivity index (χ3v) is 5.72. The van der Waals surface area contributed by atoms with Crippen molar-refractivity contribution < 1.29 is 4.74 Å². The summed E-state index contributed by atoms with van der Waals surface area (Å²) in [6.45, 7) is 4.24. The van der Waals surface area contributed by atoms with E-state index in [0.29, 0.717) is 5.41 Å². The summed E-state index contributed by atoms with van der Waals surface area (Å²) in [4.78, 5) is 0. The molecule has 1 rings (SSSR count). The first-order chi connectivity index (χ1) is 9.33. The average molecular weight is 333 g/mol. The first-order valence-electron chi connectivity index (χ1n) is 8.47. The molecule has 1 aliphatic rings. The maximum absolute atomic E-state index is 5.56. The molecular weight excluding hydrogens is 300 g/mol. The van der Waals surface area contributed by atoms with Crippen LogP contribution in [0.4, 0.5) is 0 Å². The average Bonchev–Trinajstić information content (AvgIpc) is 2.90. The molecular formula is C17H33BrO. The molecule has 1 unspecified atom stereocenters. The second-order valence-corrected chi connectivity index (χ2v) is 6.93. The van der Waals surface area contributed by atoms with E-state index in [1.54, 1.807) is 0 Å². The third kappa shape index (κ3) is 7.70. The molecule has 0 radical (unpaired) electrons. The molecule has 19 heavy (non-hydrogen) atoms. The standard InChI is InChI=1S/C17H33BrO/c1-2-3-4-5-6-7-8-9-10-11-12-17(15-18)13-14-19-16-17/h2-16H2,1H3. The van der Waals surface area contributed by atoms with Gasteiger partial charge in [0.05, 0.1) is 6.61 Å². The van der Waals surface area contributed by atoms with Crippen LogP contribution >= 0.6 is 15.9 Å². The zero-order chi connectivity index (χ0) is 13.8. The smallest absolute Gasteiger partial charge is 0.0531 e. The predicted octanol–water partition coefficient (Wildman–Crippen LogP) is 6.10. The van der Waals surface area contributed by atoms with E-state index in [1.165, 1.54) is 77.0 Å². The van der Waals surface area contributed by atoms with Gasteiger partial charge in [-0.3, -0.25) is 0 Å². The van der Waals surface area contributed by atoms with E-state index in [2.05, 4.69) is 22.9 Å². The van der Waals surface area contributed by atoms with E-state index in [1.807, 2.05) is 0 Å². The van der Waals surface area contributed by atoms with Crippen molar-refractivity contribution >= 4 is 15.9 Å². The minimum atomic E-state index is 0.472. The summed E-state index contributed by atoms with van der Waals surface area (Å²) in [5.41, 5.74) is 0.472. The van der Waals surface area contributed by atoms with Gasteiger partial charge in [-0.2, -0.15) is 0 Å². The van der Waals surface area contributed by atoms with Gasteiger partial charge in [0.1, 0.15) is 0 Å². The Kier molecular flexibility index (Phi) is 10.3. The molecule has 0 bridgehead atoms. The number of hydrogen-bond donors (Lipinski definition) is 0. The zero-order valence-corrected chi connectivity index (χ0v) is 14.5. The second-order valence-electron chi connectivity index (χ2n) is 6.37. The molecule has 1 heterocycles. The number of alkyl halides is 1. The van der Waals surface area contributed by atoms with Crippen LogP contribution in [0.3, 0.4) is 0 Å². The van der Waals surface area contributed by atoms with Crippen LogP contribution in [0, 0.1) is 5.41 Å². The zero-order valence-electron chi connectivity index (χ0n) is 12.9. The van der Waals surface area contributed by atoms with Crippen molar-refractivity contribution in [3.05, 3.63) is 0 Å². The van der Waals surface area contributed by atoms with Gasteiger partial charge in [0.15, 0.2) is 0 Å². The van der Waals surface area contributed by atoms with Gasteiger partial charge in [-0.15, -0.1) is 0 Å². The Bertz CT molecular complexity index is 199. The molecule has 0 aliphatic carbocycles. The largest absolute Gasteiger partial charge is 0.381 e. The third-order valence-electron chi connectivity index (χ3n) is 4.53. The van der Waals surface area contributed by atoms with Crippen molar-refractivity contribution in [2.45, 2.75) is 84.0 Å². The lowest BCUT2D eigenvalue weighted by atomic mass is 9.84. The van der Waals surface area contributed by atoms with E-state index < -0.39 is 0 Å². The van der Waals surface area contributed by atoms with E-state index in [-0.39, 0.29) is 0 Å². The van der Waals surface area contributed by atoms with Crippen LogP contribution in [0.1, 0.15) is 84.0 Å². The van der Waals surface area contributed by atoms with Gasteiger partial charge in [-0.1, -0.05) is 87.1 Å². The van der Waals surface area contributed by atoms with Gasteiger partial charge in [0.25, 0.3) is 0 Å². The van der Waals surface area contributed by atoms with Crippen LogP contribution in [-0.4, -0.2) is 18.5 Å². The molecule has 0 aromatic heterocycles. The molecule has 2 heteroatoms. The normalized spacial score (nSPS) is 23.1. The number of halogens is 1. The summed E-state index contributed by atoms with van der Waals surface area (Å²) in [6.07, 6.45) is 16.9. The monoisotopic (exact) mass is 332 g/mol. The molecule has 0 amide bonds. The highest BCUT2D eigenvalue weighted by atomic mass is 79.9. The number of hydrogen-bond acceptors (Lipinski definition) is 1. The van der Waals surface area contributed by atoms with E-state index in [0.717, 1.165) is 18.5 Å². The molecule has 1 nitrogen and oxygen atoms in total. The molecule has 0 N–H and O–H groups in total. The Labute approximate surface area is 129 Å². The Morgan fingerprint density at radius 2 is 1.47 bits per heavy atom. The van der Waals surface area contributed by atoms with Crippen molar-refractivity contribution in [2.24, 2.45) is 5.41 Å². The van der Waals surface area contributed by atoms with Crippen LogP contribution in [0.25, 0.3) is 0 Å². The molecule has 1 fully saturated rings. The fraction of sp³-hybridized carbons (Fsp3) is 1.00. The van der Waals surface area contributed by atoms with Crippen LogP contribution in [0.5, 0.6) is 0 Å². The van der Waals surface area contributed by atoms with Gasteiger partial charge >= 0.3 is 0 Å². The van der Waals surface area contributed by atoms with Gasteiger partial charge < -0.3 is 4.74 Å². The van der Waals surface area contributed by atoms with Crippen molar-refractivity contribution in [1.82, 2.24) is 0 Å². The topological polar surface area (TPSA) is 9.23 Å². The number of ether oxygens (including phenoxy) is 1. The van der Waals surface area contributed by atoms with E-state index in [4.69, 9.17) is 4.74 Å².